The van der Waals surface area contributed by atoms with E-state index in [-0.39, 0.29) is 9.79 Å². The molecule has 0 N–H and O–H groups in total. The standard InChI is InChI=1S/C17H15NO2S.C16H13NO2S/c1-3-14-8-7-11-17-16(14)12-13(2)18(17)21(19,20)15-9-5-4-6-10-15;1-2-13-7-6-10-16-15(13)11-12-17(16)20(18,19)14-8-4-3-5-9-14/h3-12H,1H2,2H3;2-12H,1H2. The fourth-order valence-corrected chi connectivity index (χ4v) is 7.75. The fourth-order valence-electron chi connectivity index (χ4n) is 4.82. The Bertz CT molecular complexity index is 2110. The monoisotopic (exact) mass is 580 g/mol. The number of aromatic nitrogens is 2. The molecule has 8 heteroatoms. The lowest BCUT2D eigenvalue weighted by molar-refractivity contribution is 0.586. The van der Waals surface area contributed by atoms with Crippen LogP contribution in [0.2, 0.25) is 0 Å². The van der Waals surface area contributed by atoms with Crippen LogP contribution < -0.4 is 0 Å². The number of fused-ring (bicyclic) bond motifs is 2. The van der Waals surface area contributed by atoms with Crippen molar-refractivity contribution in [3.63, 3.8) is 0 Å². The summed E-state index contributed by atoms with van der Waals surface area (Å²) >= 11 is 0. The molecule has 6 aromatic rings. The molecule has 41 heavy (non-hydrogen) atoms. The van der Waals surface area contributed by atoms with E-state index in [1.165, 1.54) is 7.94 Å². The van der Waals surface area contributed by atoms with Crippen LogP contribution in [0.15, 0.2) is 138 Å². The van der Waals surface area contributed by atoms with E-state index in [0.29, 0.717) is 16.7 Å². The predicted octanol–water partition coefficient (Wildman–Crippen LogP) is 7.35. The van der Waals surface area contributed by atoms with Gasteiger partial charge in [0.15, 0.2) is 0 Å². The molecule has 206 valence electrons. The molecule has 0 saturated carbocycles. The summed E-state index contributed by atoms with van der Waals surface area (Å²) in [7, 11) is -7.16. The zero-order chi connectivity index (χ0) is 29.2. The molecule has 0 aliphatic heterocycles. The van der Waals surface area contributed by atoms with E-state index in [1.54, 1.807) is 98.1 Å². The van der Waals surface area contributed by atoms with Crippen LogP contribution in [0.1, 0.15) is 16.8 Å². The van der Waals surface area contributed by atoms with Crippen LogP contribution in [0, 0.1) is 6.92 Å². The maximum absolute atomic E-state index is 12.9. The molecule has 0 radical (unpaired) electrons. The molecule has 4 aromatic carbocycles. The molecule has 0 aliphatic rings. The minimum absolute atomic E-state index is 0.279. The third kappa shape index (κ3) is 5.03. The van der Waals surface area contributed by atoms with Gasteiger partial charge in [-0.3, -0.25) is 0 Å². The highest BCUT2D eigenvalue weighted by Crippen LogP contribution is 2.28. The second-order valence-corrected chi connectivity index (χ2v) is 12.9. The highest BCUT2D eigenvalue weighted by atomic mass is 32.2. The van der Waals surface area contributed by atoms with Crippen molar-refractivity contribution in [2.45, 2.75) is 16.7 Å². The molecule has 6 nitrogen and oxygen atoms in total. The second-order valence-electron chi connectivity index (χ2n) is 9.27. The summed E-state index contributed by atoms with van der Waals surface area (Å²) in [6.07, 6.45) is 5.04. The first-order chi connectivity index (χ1) is 19.7. The van der Waals surface area contributed by atoms with Gasteiger partial charge in [-0.25, -0.2) is 24.8 Å². The maximum atomic E-state index is 12.9. The van der Waals surface area contributed by atoms with Gasteiger partial charge in [-0.1, -0.05) is 86.0 Å². The Kier molecular flexibility index (Phi) is 7.53. The Morgan fingerprint density at radius 2 is 1.10 bits per heavy atom. The number of nitrogens with zero attached hydrogens (tertiary/aromatic N) is 2. The molecule has 0 bridgehead atoms. The van der Waals surface area contributed by atoms with Gasteiger partial charge in [0, 0.05) is 22.7 Å². The van der Waals surface area contributed by atoms with Crippen molar-refractivity contribution >= 4 is 54.0 Å². The van der Waals surface area contributed by atoms with Crippen LogP contribution in [0.3, 0.4) is 0 Å². The van der Waals surface area contributed by atoms with Crippen LogP contribution in [0.5, 0.6) is 0 Å². The van der Waals surface area contributed by atoms with E-state index in [1.807, 2.05) is 36.4 Å². The van der Waals surface area contributed by atoms with Crippen LogP contribution >= 0.6 is 0 Å². The summed E-state index contributed by atoms with van der Waals surface area (Å²) < 4.78 is 53.7. The van der Waals surface area contributed by atoms with Gasteiger partial charge in [0.25, 0.3) is 20.0 Å². The van der Waals surface area contributed by atoms with Gasteiger partial charge in [-0.05, 0) is 66.6 Å². The third-order valence-electron chi connectivity index (χ3n) is 6.76. The number of rotatable bonds is 6. The molecule has 0 aliphatic carbocycles. The van der Waals surface area contributed by atoms with Crippen molar-refractivity contribution in [3.05, 3.63) is 145 Å². The quantitative estimate of drug-likeness (QED) is 0.206. The van der Waals surface area contributed by atoms with Crippen molar-refractivity contribution in [1.82, 2.24) is 7.94 Å². The summed E-state index contributed by atoms with van der Waals surface area (Å²) in [6.45, 7) is 9.33. The van der Waals surface area contributed by atoms with Crippen LogP contribution in [-0.4, -0.2) is 24.8 Å². The molecule has 2 heterocycles. The summed E-state index contributed by atoms with van der Waals surface area (Å²) in [4.78, 5) is 0.566. The van der Waals surface area contributed by atoms with Crippen molar-refractivity contribution < 1.29 is 16.8 Å². The van der Waals surface area contributed by atoms with Gasteiger partial charge >= 0.3 is 0 Å². The molecule has 0 amide bonds. The molecule has 0 unspecified atom stereocenters. The lowest BCUT2D eigenvalue weighted by atomic mass is 10.1. The van der Waals surface area contributed by atoms with E-state index >= 15 is 0 Å². The van der Waals surface area contributed by atoms with Crippen LogP contribution in [0.25, 0.3) is 34.0 Å². The Balaban J connectivity index is 0.000000165. The largest absolute Gasteiger partial charge is 0.268 e. The van der Waals surface area contributed by atoms with E-state index in [9.17, 15) is 16.8 Å². The smallest absolute Gasteiger partial charge is 0.241 e. The Morgan fingerprint density at radius 3 is 1.66 bits per heavy atom. The number of hydrogen-bond donors (Lipinski definition) is 0. The van der Waals surface area contributed by atoms with E-state index < -0.39 is 20.0 Å². The van der Waals surface area contributed by atoms with Crippen LogP contribution in [-0.2, 0) is 20.0 Å². The first-order valence-corrected chi connectivity index (χ1v) is 15.7. The highest BCUT2D eigenvalue weighted by Gasteiger charge is 2.22. The third-order valence-corrected chi connectivity index (χ3v) is 10.3. The lowest BCUT2D eigenvalue weighted by Crippen LogP contribution is -2.14. The average molecular weight is 581 g/mol. The van der Waals surface area contributed by atoms with Crippen molar-refractivity contribution in [1.29, 1.82) is 0 Å². The normalized spacial score (nSPS) is 11.6. The summed E-state index contributed by atoms with van der Waals surface area (Å²) in [5, 5.41) is 1.77. The molecule has 0 spiro atoms. The summed E-state index contributed by atoms with van der Waals surface area (Å²) in [5.41, 5.74) is 3.87. The summed E-state index contributed by atoms with van der Waals surface area (Å²) in [6, 6.07) is 31.7. The van der Waals surface area contributed by atoms with Gasteiger partial charge in [-0.15, -0.1) is 0 Å². The fraction of sp³-hybridized carbons (Fsp3) is 0.0303. The predicted molar refractivity (Wildman–Crippen MR) is 167 cm³/mol. The lowest BCUT2D eigenvalue weighted by Gasteiger charge is -2.10. The SMILES string of the molecule is C=Cc1cccc2c1cc(C)n2S(=O)(=O)c1ccccc1.C=Cc1cccc2c1ccn2S(=O)(=O)c1ccccc1. The molecular weight excluding hydrogens is 553 g/mol. The minimum atomic E-state index is -3.60. The second kappa shape index (κ2) is 11.1. The molecule has 0 atom stereocenters. The minimum Gasteiger partial charge on any atom is -0.241 e. The number of aryl methyl sites for hydroxylation is 1. The van der Waals surface area contributed by atoms with Gasteiger partial charge in [0.1, 0.15) is 0 Å². The molecule has 2 aromatic heterocycles. The summed E-state index contributed by atoms with van der Waals surface area (Å²) in [5.74, 6) is 0. The highest BCUT2D eigenvalue weighted by molar-refractivity contribution is 7.90. The van der Waals surface area contributed by atoms with E-state index in [4.69, 9.17) is 0 Å². The van der Waals surface area contributed by atoms with Crippen molar-refractivity contribution in [3.8, 4) is 0 Å². The Labute approximate surface area is 240 Å². The van der Waals surface area contributed by atoms with Gasteiger partial charge in [0.2, 0.25) is 0 Å². The van der Waals surface area contributed by atoms with Gasteiger partial charge in [-0.2, -0.15) is 0 Å². The van der Waals surface area contributed by atoms with Gasteiger partial charge in [0.05, 0.1) is 20.8 Å². The number of benzene rings is 4. The number of hydrogen-bond acceptors (Lipinski definition) is 4. The first-order valence-electron chi connectivity index (χ1n) is 12.8. The molecule has 0 saturated heterocycles. The van der Waals surface area contributed by atoms with Gasteiger partial charge < -0.3 is 0 Å². The molecular formula is C33H28N2O4S2. The van der Waals surface area contributed by atoms with Crippen molar-refractivity contribution in [2.24, 2.45) is 0 Å². The first kappa shape index (κ1) is 27.9. The topological polar surface area (TPSA) is 78.1 Å². The zero-order valence-corrected chi connectivity index (χ0v) is 24.0. The average Bonchev–Trinajstić information content (AvgIpc) is 3.59. The maximum Gasteiger partial charge on any atom is 0.268 e. The Morgan fingerprint density at radius 1 is 0.585 bits per heavy atom. The van der Waals surface area contributed by atoms with Crippen molar-refractivity contribution in [2.75, 3.05) is 0 Å². The van der Waals surface area contributed by atoms with E-state index in [0.717, 1.165) is 21.9 Å². The molecule has 6 rings (SSSR count). The molecule has 0 fully saturated rings. The Hall–Kier alpha value is -4.66. The zero-order valence-electron chi connectivity index (χ0n) is 22.4. The van der Waals surface area contributed by atoms with Crippen LogP contribution in [0.4, 0.5) is 0 Å². The van der Waals surface area contributed by atoms with E-state index in [2.05, 4.69) is 13.2 Å².